The van der Waals surface area contributed by atoms with Gasteiger partial charge in [-0.15, -0.1) is 0 Å². The molecule has 3 aliphatic carbocycles. The van der Waals surface area contributed by atoms with Gasteiger partial charge in [0.15, 0.2) is 0 Å². The van der Waals surface area contributed by atoms with Crippen molar-refractivity contribution in [2.75, 3.05) is 0 Å². The lowest BCUT2D eigenvalue weighted by molar-refractivity contribution is -0.119. The van der Waals surface area contributed by atoms with Crippen LogP contribution in [0.4, 0.5) is 0 Å². The summed E-state index contributed by atoms with van der Waals surface area (Å²) >= 11 is 0. The third-order valence-corrected chi connectivity index (χ3v) is 8.29. The molecule has 3 saturated carbocycles. The Morgan fingerprint density at radius 2 is 1.60 bits per heavy atom. The fraction of sp³-hybridized carbons (Fsp3) is 1.00. The molecule has 0 amide bonds. The summed E-state index contributed by atoms with van der Waals surface area (Å²) < 4.78 is 0. The molecule has 0 bridgehead atoms. The molecule has 5 atom stereocenters. The summed E-state index contributed by atoms with van der Waals surface area (Å²) in [6, 6.07) is 0. The van der Waals surface area contributed by atoms with Gasteiger partial charge >= 0.3 is 0 Å². The minimum Gasteiger partial charge on any atom is -0.0649 e. The van der Waals surface area contributed by atoms with Gasteiger partial charge in [-0.05, 0) is 78.9 Å². The van der Waals surface area contributed by atoms with Gasteiger partial charge in [-0.2, -0.15) is 0 Å². The first-order chi connectivity index (χ1) is 9.31. The average molecular weight is 277 g/mol. The van der Waals surface area contributed by atoms with E-state index in [1.165, 1.54) is 57.8 Å². The first-order valence-corrected chi connectivity index (χ1v) is 9.31. The van der Waals surface area contributed by atoms with Crippen molar-refractivity contribution in [3.63, 3.8) is 0 Å². The van der Waals surface area contributed by atoms with Gasteiger partial charge in [0.25, 0.3) is 0 Å². The zero-order valence-corrected chi connectivity index (χ0v) is 14.6. The van der Waals surface area contributed by atoms with E-state index in [1.807, 2.05) is 0 Å². The minimum absolute atomic E-state index is 0.613. The predicted molar refractivity (Wildman–Crippen MR) is 87.7 cm³/mol. The van der Waals surface area contributed by atoms with E-state index in [-0.39, 0.29) is 0 Å². The van der Waals surface area contributed by atoms with Crippen LogP contribution in [0.1, 0.15) is 92.4 Å². The first-order valence-electron chi connectivity index (χ1n) is 9.31. The van der Waals surface area contributed by atoms with Crippen molar-refractivity contribution in [3.05, 3.63) is 0 Å². The fourth-order valence-electron chi connectivity index (χ4n) is 6.42. The molecule has 0 spiro atoms. The van der Waals surface area contributed by atoms with Crippen LogP contribution in [0.2, 0.25) is 0 Å². The van der Waals surface area contributed by atoms with Crippen molar-refractivity contribution in [2.24, 2.45) is 34.0 Å². The van der Waals surface area contributed by atoms with Gasteiger partial charge in [0.1, 0.15) is 0 Å². The minimum atomic E-state index is 0.613. The maximum Gasteiger partial charge on any atom is -0.0266 e. The zero-order chi connectivity index (χ0) is 14.6. The first kappa shape index (κ1) is 14.9. The molecular formula is C20H36. The second-order valence-electron chi connectivity index (χ2n) is 9.74. The summed E-state index contributed by atoms with van der Waals surface area (Å²) in [5.74, 6) is 3.08. The monoisotopic (exact) mass is 276 g/mol. The molecule has 0 aromatic carbocycles. The smallest absolute Gasteiger partial charge is 0.0266 e. The van der Waals surface area contributed by atoms with Gasteiger partial charge in [-0.25, -0.2) is 0 Å². The summed E-state index contributed by atoms with van der Waals surface area (Å²) in [4.78, 5) is 0. The number of hydrogen-bond acceptors (Lipinski definition) is 0. The number of rotatable bonds is 1. The predicted octanol–water partition coefficient (Wildman–Crippen LogP) is 6.45. The van der Waals surface area contributed by atoms with Crippen molar-refractivity contribution in [2.45, 2.75) is 92.4 Å². The maximum atomic E-state index is 2.69. The van der Waals surface area contributed by atoms with Crippen molar-refractivity contribution in [3.8, 4) is 0 Å². The highest BCUT2D eigenvalue weighted by Crippen LogP contribution is 2.65. The van der Waals surface area contributed by atoms with Crippen LogP contribution in [0.3, 0.4) is 0 Å². The summed E-state index contributed by atoms with van der Waals surface area (Å²) in [5, 5.41) is 0. The molecular weight excluding hydrogens is 240 g/mol. The second kappa shape index (κ2) is 4.75. The second-order valence-corrected chi connectivity index (χ2v) is 9.74. The number of hydrogen-bond donors (Lipinski definition) is 0. The van der Waals surface area contributed by atoms with Crippen molar-refractivity contribution >= 4 is 0 Å². The van der Waals surface area contributed by atoms with Crippen LogP contribution in [0.5, 0.6) is 0 Å². The largest absolute Gasteiger partial charge is 0.0649 e. The maximum absolute atomic E-state index is 2.69. The molecule has 0 aromatic rings. The van der Waals surface area contributed by atoms with E-state index in [2.05, 4.69) is 34.6 Å². The van der Waals surface area contributed by atoms with Crippen LogP contribution in [0, 0.1) is 34.0 Å². The van der Waals surface area contributed by atoms with E-state index < -0.39 is 0 Å². The Morgan fingerprint density at radius 1 is 0.850 bits per heavy atom. The quantitative estimate of drug-likeness (QED) is 0.516. The summed E-state index contributed by atoms with van der Waals surface area (Å²) in [6.07, 6.45) is 13.4. The van der Waals surface area contributed by atoms with Crippen LogP contribution in [0.15, 0.2) is 0 Å². The van der Waals surface area contributed by atoms with Crippen LogP contribution in [-0.4, -0.2) is 0 Å². The topological polar surface area (TPSA) is 0 Å². The molecule has 0 heterocycles. The van der Waals surface area contributed by atoms with Gasteiger partial charge < -0.3 is 0 Å². The lowest BCUT2D eigenvalue weighted by Gasteiger charge is -2.62. The van der Waals surface area contributed by atoms with E-state index in [9.17, 15) is 0 Å². The van der Waals surface area contributed by atoms with Gasteiger partial charge in [0, 0.05) is 0 Å². The Bertz CT molecular complexity index is 368. The summed E-state index contributed by atoms with van der Waals surface area (Å²) in [6.45, 7) is 12.8. The molecule has 0 aliphatic heterocycles. The highest BCUT2D eigenvalue weighted by atomic mass is 14.6. The molecule has 0 saturated heterocycles. The Balaban J connectivity index is 1.85. The Hall–Kier alpha value is 0. The van der Waals surface area contributed by atoms with Gasteiger partial charge in [0.2, 0.25) is 0 Å². The zero-order valence-electron chi connectivity index (χ0n) is 14.6. The summed E-state index contributed by atoms with van der Waals surface area (Å²) in [7, 11) is 0. The van der Waals surface area contributed by atoms with E-state index in [1.54, 1.807) is 0 Å². The van der Waals surface area contributed by atoms with E-state index in [0.717, 1.165) is 17.8 Å². The Labute approximate surface area is 127 Å². The van der Waals surface area contributed by atoms with Crippen molar-refractivity contribution in [1.82, 2.24) is 0 Å². The highest BCUT2D eigenvalue weighted by molar-refractivity contribution is 5.05. The van der Waals surface area contributed by atoms with Crippen LogP contribution >= 0.6 is 0 Å². The lowest BCUT2D eigenvalue weighted by Crippen LogP contribution is -2.53. The normalized spacial score (nSPS) is 51.1. The molecule has 20 heavy (non-hydrogen) atoms. The molecule has 0 heteroatoms. The highest BCUT2D eigenvalue weighted by Gasteiger charge is 2.55. The molecule has 0 N–H and O–H groups in total. The Kier molecular flexibility index (Phi) is 3.54. The molecule has 0 nitrogen and oxygen atoms in total. The third-order valence-electron chi connectivity index (χ3n) is 8.29. The van der Waals surface area contributed by atoms with Crippen molar-refractivity contribution in [1.29, 1.82) is 0 Å². The van der Waals surface area contributed by atoms with Crippen molar-refractivity contribution < 1.29 is 0 Å². The molecule has 0 radical (unpaired) electrons. The SMILES string of the molecule is CC[C@@]1(C)CC[C@@]2(C)C(CCC3C2CCCC3(C)C)C1. The van der Waals surface area contributed by atoms with Gasteiger partial charge in [-0.3, -0.25) is 0 Å². The lowest BCUT2D eigenvalue weighted by atomic mass is 9.43. The van der Waals surface area contributed by atoms with Gasteiger partial charge in [-0.1, -0.05) is 47.5 Å². The molecule has 3 unspecified atom stereocenters. The molecule has 116 valence electrons. The van der Waals surface area contributed by atoms with E-state index in [0.29, 0.717) is 16.2 Å². The third kappa shape index (κ3) is 2.17. The van der Waals surface area contributed by atoms with E-state index in [4.69, 9.17) is 0 Å². The van der Waals surface area contributed by atoms with Gasteiger partial charge in [0.05, 0.1) is 0 Å². The number of fused-ring (bicyclic) bond motifs is 3. The Morgan fingerprint density at radius 3 is 2.30 bits per heavy atom. The molecule has 0 aromatic heterocycles. The van der Waals surface area contributed by atoms with Crippen LogP contribution < -0.4 is 0 Å². The molecule has 3 aliphatic rings. The average Bonchev–Trinajstić information content (AvgIpc) is 2.40. The molecule has 3 fully saturated rings. The van der Waals surface area contributed by atoms with E-state index >= 15 is 0 Å². The molecule has 3 rings (SSSR count). The standard InChI is InChI=1S/C20H36/c1-6-19(4)12-13-20(5)15(14-19)9-10-16-17(20)8-7-11-18(16,2)3/h15-17H,6-14H2,1-5H3/t15?,16?,17?,19-,20-/m0/s1. The summed E-state index contributed by atoms with van der Waals surface area (Å²) in [5.41, 5.74) is 1.94. The van der Waals surface area contributed by atoms with Crippen LogP contribution in [0.25, 0.3) is 0 Å². The fourth-order valence-corrected chi connectivity index (χ4v) is 6.42. The van der Waals surface area contributed by atoms with Crippen LogP contribution in [-0.2, 0) is 0 Å².